The van der Waals surface area contributed by atoms with Gasteiger partial charge in [-0.25, -0.2) is 10.2 Å². The summed E-state index contributed by atoms with van der Waals surface area (Å²) in [5.41, 5.74) is 6.02. The van der Waals surface area contributed by atoms with E-state index in [9.17, 15) is 4.79 Å². The Morgan fingerprint density at radius 1 is 0.968 bits per heavy atom. The highest BCUT2D eigenvalue weighted by Crippen LogP contribution is 2.35. The number of hydrazone groups is 1. The number of benzene rings is 3. The largest absolute Gasteiger partial charge is 0.487 e. The third kappa shape index (κ3) is 7.17. The maximum absolute atomic E-state index is 12.0. The summed E-state index contributed by atoms with van der Waals surface area (Å²) in [5.74, 6) is 0.691. The molecular weight excluding hydrogens is 658 g/mol. The van der Waals surface area contributed by atoms with Gasteiger partial charge in [0.25, 0.3) is 0 Å². The van der Waals surface area contributed by atoms with Crippen molar-refractivity contribution in [3.8, 4) is 5.75 Å². The summed E-state index contributed by atoms with van der Waals surface area (Å²) in [4.78, 5) is 12.0. The molecule has 2 N–H and O–H groups in total. The molecule has 2 amide bonds. The molecule has 0 unspecified atom stereocenters. The average molecular weight is 675 g/mol. The quantitative estimate of drug-likeness (QED) is 0.207. The molecule has 0 fully saturated rings. The summed E-state index contributed by atoms with van der Waals surface area (Å²) in [6.07, 6.45) is 1.56. The normalized spacial score (nSPS) is 10.9. The highest BCUT2D eigenvalue weighted by Gasteiger charge is 2.09. The van der Waals surface area contributed by atoms with Gasteiger partial charge in [-0.15, -0.1) is 0 Å². The first kappa shape index (κ1) is 24.0. The molecule has 0 spiro atoms. The van der Waals surface area contributed by atoms with Gasteiger partial charge in [-0.3, -0.25) is 0 Å². The first-order valence-corrected chi connectivity index (χ1v) is 12.2. The Balaban J connectivity index is 1.58. The predicted octanol–water partition coefficient (Wildman–Crippen LogP) is 7.78. The number of carbonyl (C=O) groups excluding carboxylic acids is 1. The van der Waals surface area contributed by atoms with Gasteiger partial charge in [0.1, 0.15) is 12.4 Å². The minimum atomic E-state index is -0.425. The van der Waals surface area contributed by atoms with Gasteiger partial charge >= 0.3 is 6.03 Å². The van der Waals surface area contributed by atoms with Crippen molar-refractivity contribution in [2.75, 3.05) is 5.32 Å². The molecule has 0 heterocycles. The number of aryl methyl sites for hydroxylation is 1. The highest BCUT2D eigenvalue weighted by molar-refractivity contribution is 9.11. The van der Waals surface area contributed by atoms with Crippen molar-refractivity contribution in [2.45, 2.75) is 13.5 Å². The molecule has 0 aliphatic carbocycles. The van der Waals surface area contributed by atoms with Crippen molar-refractivity contribution in [2.24, 2.45) is 5.10 Å². The van der Waals surface area contributed by atoms with E-state index in [4.69, 9.17) is 4.74 Å². The number of ether oxygens (including phenoxy) is 1. The summed E-state index contributed by atoms with van der Waals surface area (Å²) in [6, 6.07) is 16.8. The fourth-order valence-electron chi connectivity index (χ4n) is 2.57. The second kappa shape index (κ2) is 11.3. The maximum Gasteiger partial charge on any atom is 0.339 e. The van der Waals surface area contributed by atoms with Crippen LogP contribution in [-0.4, -0.2) is 12.2 Å². The summed E-state index contributed by atoms with van der Waals surface area (Å²) in [5, 5.41) is 6.75. The molecular formula is C22H17Br4N3O2. The van der Waals surface area contributed by atoms with E-state index in [1.54, 1.807) is 6.21 Å². The molecule has 160 valence electrons. The number of rotatable bonds is 6. The van der Waals surface area contributed by atoms with E-state index >= 15 is 0 Å². The van der Waals surface area contributed by atoms with Crippen molar-refractivity contribution in [3.63, 3.8) is 0 Å². The van der Waals surface area contributed by atoms with Crippen LogP contribution in [0.25, 0.3) is 0 Å². The molecule has 3 rings (SSSR count). The van der Waals surface area contributed by atoms with Crippen molar-refractivity contribution in [3.05, 3.63) is 89.2 Å². The second-order valence-corrected chi connectivity index (χ2v) is 10.00. The van der Waals surface area contributed by atoms with E-state index < -0.39 is 6.03 Å². The minimum Gasteiger partial charge on any atom is -0.487 e. The molecule has 0 aromatic heterocycles. The van der Waals surface area contributed by atoms with Crippen molar-refractivity contribution in [1.29, 1.82) is 0 Å². The number of nitrogens with zero attached hydrogens (tertiary/aromatic N) is 1. The van der Waals surface area contributed by atoms with Crippen LogP contribution in [0.2, 0.25) is 0 Å². The summed E-state index contributed by atoms with van der Waals surface area (Å²) < 4.78 is 9.49. The topological polar surface area (TPSA) is 62.7 Å². The highest BCUT2D eigenvalue weighted by atomic mass is 79.9. The summed E-state index contributed by atoms with van der Waals surface area (Å²) in [7, 11) is 0. The average Bonchev–Trinajstić information content (AvgIpc) is 2.71. The van der Waals surface area contributed by atoms with Gasteiger partial charge in [-0.05, 0) is 97.9 Å². The summed E-state index contributed by atoms with van der Waals surface area (Å²) >= 11 is 13.9. The maximum atomic E-state index is 12.0. The Labute approximate surface area is 214 Å². The van der Waals surface area contributed by atoms with E-state index in [0.717, 1.165) is 34.6 Å². The monoisotopic (exact) mass is 671 g/mol. The van der Waals surface area contributed by atoms with E-state index in [0.29, 0.717) is 18.0 Å². The lowest BCUT2D eigenvalue weighted by Crippen LogP contribution is -2.24. The number of amides is 2. The van der Waals surface area contributed by atoms with Crippen molar-refractivity contribution < 1.29 is 9.53 Å². The Kier molecular flexibility index (Phi) is 8.71. The lowest BCUT2D eigenvalue weighted by Gasteiger charge is -2.11. The molecule has 0 atom stereocenters. The van der Waals surface area contributed by atoms with Crippen LogP contribution in [0, 0.1) is 6.92 Å². The molecule has 0 saturated carbocycles. The number of urea groups is 1. The number of hydrogen-bond acceptors (Lipinski definition) is 3. The zero-order valence-corrected chi connectivity index (χ0v) is 22.6. The second-order valence-electron chi connectivity index (χ2n) is 6.52. The van der Waals surface area contributed by atoms with E-state index in [2.05, 4.69) is 79.6 Å². The zero-order chi connectivity index (χ0) is 22.4. The fourth-order valence-corrected chi connectivity index (χ4v) is 4.54. The molecule has 0 bridgehead atoms. The molecule has 0 aliphatic rings. The lowest BCUT2D eigenvalue weighted by atomic mass is 10.2. The van der Waals surface area contributed by atoms with E-state index in [-0.39, 0.29) is 0 Å². The van der Waals surface area contributed by atoms with Gasteiger partial charge in [0, 0.05) is 14.6 Å². The molecule has 3 aromatic rings. The smallest absolute Gasteiger partial charge is 0.339 e. The fraction of sp³-hybridized carbons (Fsp3) is 0.0909. The van der Waals surface area contributed by atoms with Gasteiger partial charge in [-0.2, -0.15) is 5.10 Å². The molecule has 0 radical (unpaired) electrons. The number of carbonyl (C=O) groups is 1. The van der Waals surface area contributed by atoms with Crippen LogP contribution in [-0.2, 0) is 6.61 Å². The molecule has 9 heteroatoms. The Bertz CT molecular complexity index is 1100. The molecule has 5 nitrogen and oxygen atoms in total. The first-order valence-electron chi connectivity index (χ1n) is 9.04. The summed E-state index contributed by atoms with van der Waals surface area (Å²) in [6.45, 7) is 2.39. The lowest BCUT2D eigenvalue weighted by molar-refractivity contribution is 0.252. The van der Waals surface area contributed by atoms with Gasteiger partial charge < -0.3 is 10.1 Å². The van der Waals surface area contributed by atoms with Crippen molar-refractivity contribution in [1.82, 2.24) is 5.43 Å². The van der Waals surface area contributed by atoms with E-state index in [1.165, 1.54) is 0 Å². The number of halogens is 4. The van der Waals surface area contributed by atoms with Gasteiger partial charge in [-0.1, -0.05) is 44.0 Å². The van der Waals surface area contributed by atoms with Crippen LogP contribution in [0.4, 0.5) is 10.5 Å². The molecule has 0 saturated heterocycles. The first-order chi connectivity index (χ1) is 14.8. The number of nitrogens with one attached hydrogen (secondary N) is 2. The molecule has 31 heavy (non-hydrogen) atoms. The third-order valence-corrected chi connectivity index (χ3v) is 6.71. The van der Waals surface area contributed by atoms with Gasteiger partial charge in [0.05, 0.1) is 15.2 Å². The van der Waals surface area contributed by atoms with Crippen LogP contribution in [0.3, 0.4) is 0 Å². The Morgan fingerprint density at radius 2 is 1.65 bits per heavy atom. The number of hydrogen-bond donors (Lipinski definition) is 2. The van der Waals surface area contributed by atoms with Crippen molar-refractivity contribution >= 4 is 81.7 Å². The molecule has 0 aliphatic heterocycles. The Morgan fingerprint density at radius 3 is 2.29 bits per heavy atom. The van der Waals surface area contributed by atoms with Gasteiger partial charge in [0.15, 0.2) is 0 Å². The van der Waals surface area contributed by atoms with Crippen LogP contribution in [0.1, 0.15) is 16.7 Å². The third-order valence-electron chi connectivity index (χ3n) is 4.11. The standard InChI is InChI=1S/C22H17Br4N3O2/c1-13-8-17(6-7-18(13)24)28-22(30)29-27-11-15-9-19(25)21(20(26)10-15)31-12-14-2-4-16(23)5-3-14/h2-11H,12H2,1H3,(H2,28,29,30)/b27-11+. The van der Waals surface area contributed by atoms with Crippen LogP contribution in [0.15, 0.2) is 77.6 Å². The molecule has 3 aromatic carbocycles. The predicted molar refractivity (Wildman–Crippen MR) is 139 cm³/mol. The van der Waals surface area contributed by atoms with Gasteiger partial charge in [0.2, 0.25) is 0 Å². The zero-order valence-electron chi connectivity index (χ0n) is 16.3. The Hall–Kier alpha value is -1.68. The SMILES string of the molecule is Cc1cc(NC(=O)N/N=C/c2cc(Br)c(OCc3ccc(Br)cc3)c(Br)c2)ccc1Br. The number of anilines is 1. The van der Waals surface area contributed by atoms with Crippen LogP contribution >= 0.6 is 63.7 Å². The van der Waals surface area contributed by atoms with Crippen LogP contribution in [0.5, 0.6) is 5.75 Å². The van der Waals surface area contributed by atoms with E-state index in [1.807, 2.05) is 61.5 Å². The minimum absolute atomic E-state index is 0.425. The van der Waals surface area contributed by atoms with Crippen LogP contribution < -0.4 is 15.5 Å².